The average molecular weight is 292 g/mol. The Balaban J connectivity index is 2.33. The normalized spacial score (nSPS) is 12.6. The number of fused-ring (bicyclic) bond motifs is 1. The molecular formula is C14H20N4O3. The minimum Gasteiger partial charge on any atom is -0.391 e. The van der Waals surface area contributed by atoms with E-state index < -0.39 is 6.10 Å². The third-order valence-corrected chi connectivity index (χ3v) is 3.31. The van der Waals surface area contributed by atoms with Crippen molar-refractivity contribution in [3.63, 3.8) is 0 Å². The number of rotatable bonds is 5. The van der Waals surface area contributed by atoms with Crippen molar-refractivity contribution in [1.82, 2.24) is 20.1 Å². The summed E-state index contributed by atoms with van der Waals surface area (Å²) >= 11 is 0. The Bertz CT molecular complexity index is 717. The smallest absolute Gasteiger partial charge is 0.274 e. The van der Waals surface area contributed by atoms with Crippen molar-refractivity contribution in [2.45, 2.75) is 32.8 Å². The van der Waals surface area contributed by atoms with Gasteiger partial charge in [0.15, 0.2) is 5.65 Å². The summed E-state index contributed by atoms with van der Waals surface area (Å²) in [5.41, 5.74) is 1.03. The van der Waals surface area contributed by atoms with Crippen LogP contribution >= 0.6 is 0 Å². The van der Waals surface area contributed by atoms with Gasteiger partial charge in [-0.05, 0) is 19.4 Å². The number of amides is 1. The zero-order chi connectivity index (χ0) is 15.6. The lowest BCUT2D eigenvalue weighted by molar-refractivity contribution is 0.0911. The molecule has 2 heterocycles. The standard InChI is InChI=1S/C14H20N4O3/c1-4-5-9(19)7-15-13(20)10-6-8(2)16-12-11(10)14(21)17-18(12)3/h6,9,19H,4-5,7H2,1-3H3,(H,15,20)(H,17,21). The minimum atomic E-state index is -0.577. The van der Waals surface area contributed by atoms with Crippen LogP contribution in [0, 0.1) is 6.92 Å². The zero-order valence-electron chi connectivity index (χ0n) is 12.4. The topological polar surface area (TPSA) is 100 Å². The SMILES string of the molecule is CCCC(O)CNC(=O)c1cc(C)nc2c1c(=O)[nH]n2C. The van der Waals surface area contributed by atoms with Gasteiger partial charge >= 0.3 is 0 Å². The number of pyridine rings is 1. The van der Waals surface area contributed by atoms with E-state index in [9.17, 15) is 14.7 Å². The second kappa shape index (κ2) is 6.09. The number of aryl methyl sites for hydroxylation is 2. The van der Waals surface area contributed by atoms with Crippen molar-refractivity contribution in [1.29, 1.82) is 0 Å². The maximum atomic E-state index is 12.3. The molecule has 0 saturated carbocycles. The summed E-state index contributed by atoms with van der Waals surface area (Å²) in [6, 6.07) is 1.58. The molecule has 0 radical (unpaired) electrons. The second-order valence-corrected chi connectivity index (χ2v) is 5.16. The number of carbonyl (C=O) groups excluding carboxylic acids is 1. The van der Waals surface area contributed by atoms with Crippen LogP contribution in [0.15, 0.2) is 10.9 Å². The molecule has 0 aliphatic carbocycles. The Morgan fingerprint density at radius 3 is 2.95 bits per heavy atom. The first-order valence-corrected chi connectivity index (χ1v) is 6.96. The number of hydrogen-bond acceptors (Lipinski definition) is 4. The van der Waals surface area contributed by atoms with Gasteiger partial charge in [-0.3, -0.25) is 19.4 Å². The van der Waals surface area contributed by atoms with Gasteiger partial charge in [-0.2, -0.15) is 0 Å². The van der Waals surface area contributed by atoms with Crippen LogP contribution in [0.2, 0.25) is 0 Å². The summed E-state index contributed by atoms with van der Waals surface area (Å²) in [5, 5.41) is 15.2. The average Bonchev–Trinajstić information content (AvgIpc) is 2.70. The molecule has 1 atom stereocenters. The fourth-order valence-corrected chi connectivity index (χ4v) is 2.30. The van der Waals surface area contributed by atoms with Gasteiger partial charge in [-0.1, -0.05) is 13.3 Å². The maximum Gasteiger partial charge on any atom is 0.274 e. The highest BCUT2D eigenvalue weighted by Gasteiger charge is 2.18. The number of nitrogens with one attached hydrogen (secondary N) is 2. The molecule has 2 aromatic rings. The number of H-pyrrole nitrogens is 1. The van der Waals surface area contributed by atoms with E-state index in [1.807, 2.05) is 6.92 Å². The molecule has 0 aliphatic rings. The quantitative estimate of drug-likeness (QED) is 0.745. The van der Waals surface area contributed by atoms with Crippen molar-refractivity contribution in [3.05, 3.63) is 27.7 Å². The number of aromatic amines is 1. The van der Waals surface area contributed by atoms with Crippen LogP contribution < -0.4 is 10.9 Å². The predicted molar refractivity (Wildman–Crippen MR) is 79.3 cm³/mol. The largest absolute Gasteiger partial charge is 0.391 e. The van der Waals surface area contributed by atoms with E-state index >= 15 is 0 Å². The number of aliphatic hydroxyl groups is 1. The van der Waals surface area contributed by atoms with E-state index in [2.05, 4.69) is 15.4 Å². The molecule has 0 fully saturated rings. The third-order valence-electron chi connectivity index (χ3n) is 3.31. The molecule has 2 rings (SSSR count). The van der Waals surface area contributed by atoms with Gasteiger partial charge < -0.3 is 10.4 Å². The summed E-state index contributed by atoms with van der Waals surface area (Å²) in [6.07, 6.45) is 0.886. The molecule has 0 saturated heterocycles. The van der Waals surface area contributed by atoms with Crippen LogP contribution in [-0.2, 0) is 7.05 Å². The molecule has 1 unspecified atom stereocenters. The first-order valence-electron chi connectivity index (χ1n) is 6.96. The Morgan fingerprint density at radius 1 is 1.57 bits per heavy atom. The van der Waals surface area contributed by atoms with E-state index in [1.54, 1.807) is 20.0 Å². The third kappa shape index (κ3) is 3.13. The van der Waals surface area contributed by atoms with Crippen molar-refractivity contribution in [2.24, 2.45) is 7.05 Å². The molecule has 1 amide bonds. The Kier molecular flexibility index (Phi) is 4.42. The zero-order valence-corrected chi connectivity index (χ0v) is 12.4. The van der Waals surface area contributed by atoms with Crippen molar-refractivity contribution in [3.8, 4) is 0 Å². The van der Waals surface area contributed by atoms with Gasteiger partial charge in [0.05, 0.1) is 17.1 Å². The first kappa shape index (κ1) is 15.2. The molecule has 0 aromatic carbocycles. The highest BCUT2D eigenvalue weighted by molar-refractivity contribution is 6.05. The Labute approximate surface area is 122 Å². The van der Waals surface area contributed by atoms with Crippen LogP contribution in [0.3, 0.4) is 0 Å². The minimum absolute atomic E-state index is 0.167. The van der Waals surface area contributed by atoms with Crippen molar-refractivity contribution in [2.75, 3.05) is 6.54 Å². The number of hydrogen-bond donors (Lipinski definition) is 3. The highest BCUT2D eigenvalue weighted by atomic mass is 16.3. The summed E-state index contributed by atoms with van der Waals surface area (Å²) in [6.45, 7) is 3.89. The maximum absolute atomic E-state index is 12.3. The van der Waals surface area contributed by atoms with Crippen molar-refractivity contribution >= 4 is 16.9 Å². The van der Waals surface area contributed by atoms with E-state index in [1.165, 1.54) is 4.68 Å². The van der Waals surface area contributed by atoms with Gasteiger partial charge in [0.2, 0.25) is 0 Å². The Morgan fingerprint density at radius 2 is 2.29 bits per heavy atom. The van der Waals surface area contributed by atoms with Crippen LogP contribution in [0.5, 0.6) is 0 Å². The molecule has 2 aromatic heterocycles. The fourth-order valence-electron chi connectivity index (χ4n) is 2.30. The number of carbonyl (C=O) groups is 1. The van der Waals surface area contributed by atoms with E-state index in [0.717, 1.165) is 6.42 Å². The molecule has 3 N–H and O–H groups in total. The van der Waals surface area contributed by atoms with E-state index in [-0.39, 0.29) is 29.0 Å². The molecule has 21 heavy (non-hydrogen) atoms. The second-order valence-electron chi connectivity index (χ2n) is 5.16. The molecule has 7 heteroatoms. The van der Waals surface area contributed by atoms with Crippen LogP contribution in [-0.4, -0.2) is 38.4 Å². The molecule has 0 spiro atoms. The summed E-state index contributed by atoms with van der Waals surface area (Å²) in [7, 11) is 1.67. The Hall–Kier alpha value is -2.15. The molecule has 114 valence electrons. The van der Waals surface area contributed by atoms with Gasteiger partial charge in [0.1, 0.15) is 0 Å². The molecule has 0 aliphatic heterocycles. The molecule has 7 nitrogen and oxygen atoms in total. The van der Waals surface area contributed by atoms with Gasteiger partial charge in [0.25, 0.3) is 11.5 Å². The van der Waals surface area contributed by atoms with Gasteiger partial charge in [0, 0.05) is 19.3 Å². The summed E-state index contributed by atoms with van der Waals surface area (Å²) in [5.74, 6) is -0.377. The van der Waals surface area contributed by atoms with E-state index in [0.29, 0.717) is 17.8 Å². The lowest BCUT2D eigenvalue weighted by Gasteiger charge is -2.11. The summed E-state index contributed by atoms with van der Waals surface area (Å²) in [4.78, 5) is 28.5. The number of aliphatic hydroxyl groups excluding tert-OH is 1. The van der Waals surface area contributed by atoms with Crippen LogP contribution in [0.4, 0.5) is 0 Å². The van der Waals surface area contributed by atoms with Crippen LogP contribution in [0.1, 0.15) is 35.8 Å². The summed E-state index contributed by atoms with van der Waals surface area (Å²) < 4.78 is 1.49. The highest BCUT2D eigenvalue weighted by Crippen LogP contribution is 2.14. The van der Waals surface area contributed by atoms with E-state index in [4.69, 9.17) is 0 Å². The predicted octanol–water partition coefficient (Wildman–Crippen LogP) is 0.461. The lowest BCUT2D eigenvalue weighted by Crippen LogP contribution is -2.32. The van der Waals surface area contributed by atoms with Gasteiger partial charge in [-0.25, -0.2) is 4.98 Å². The fraction of sp³-hybridized carbons (Fsp3) is 0.500. The lowest BCUT2D eigenvalue weighted by atomic mass is 10.1. The van der Waals surface area contributed by atoms with Crippen molar-refractivity contribution < 1.29 is 9.90 Å². The van der Waals surface area contributed by atoms with Gasteiger partial charge in [-0.15, -0.1) is 0 Å². The molecule has 0 bridgehead atoms. The first-order chi connectivity index (χ1) is 9.93. The van der Waals surface area contributed by atoms with Crippen LogP contribution in [0.25, 0.3) is 11.0 Å². The monoisotopic (exact) mass is 292 g/mol. The molecular weight excluding hydrogens is 272 g/mol. The number of aromatic nitrogens is 3. The number of nitrogens with zero attached hydrogens (tertiary/aromatic N) is 2.